The average molecular weight is 254 g/mol. The van der Waals surface area contributed by atoms with Gasteiger partial charge in [-0.05, 0) is 31.2 Å². The number of hydrogen-bond donors (Lipinski definition) is 1. The Bertz CT molecular complexity index is 444. The Morgan fingerprint density at radius 1 is 1.25 bits per heavy atom. The largest absolute Gasteiger partial charge is 1.00 e. The van der Waals surface area contributed by atoms with Gasteiger partial charge in [-0.1, -0.05) is 0 Å². The number of carbonyl (C=O) groups is 1. The van der Waals surface area contributed by atoms with Gasteiger partial charge in [-0.15, -0.1) is 0 Å². The number of benzene rings is 1. The summed E-state index contributed by atoms with van der Waals surface area (Å²) in [5.41, 5.74) is 5.83. The third-order valence-electron chi connectivity index (χ3n) is 1.43. The van der Waals surface area contributed by atoms with Gasteiger partial charge in [-0.2, -0.15) is 0 Å². The first-order valence-corrected chi connectivity index (χ1v) is 5.20. The number of sulfonamides is 1. The number of nitrogen functional groups attached to an aromatic ring is 1. The van der Waals surface area contributed by atoms with E-state index in [0.29, 0.717) is 5.69 Å². The van der Waals surface area contributed by atoms with E-state index >= 15 is 0 Å². The van der Waals surface area contributed by atoms with Gasteiger partial charge in [0.1, 0.15) is 10.0 Å². The number of carbonyl (C=O) groups excluding carboxylic acids is 1. The molecule has 6 nitrogen and oxygen atoms in total. The second-order valence-corrected chi connectivity index (χ2v) is 4.26. The Kier molecular flexibility index (Phi) is 7.64. The summed E-state index contributed by atoms with van der Waals surface area (Å²) in [6, 6.07) is 5.47. The molecule has 0 radical (unpaired) electrons. The molecule has 1 amide bonds. The van der Waals surface area contributed by atoms with Crippen LogP contribution in [0.15, 0.2) is 29.2 Å². The summed E-state index contributed by atoms with van der Waals surface area (Å²) in [4.78, 5) is 10.5. The minimum absolute atomic E-state index is 0. The molecule has 0 saturated carbocycles. The van der Waals surface area contributed by atoms with Gasteiger partial charge in [-0.25, -0.2) is 8.42 Å². The fourth-order valence-electron chi connectivity index (χ4n) is 0.862. The van der Waals surface area contributed by atoms with E-state index in [1.165, 1.54) is 24.3 Å². The first-order valence-electron chi connectivity index (χ1n) is 3.76. The summed E-state index contributed by atoms with van der Waals surface area (Å²) in [5, 5.41) is 0. The minimum atomic E-state index is -3.86. The molecule has 4 N–H and O–H groups in total. The van der Waals surface area contributed by atoms with Crippen molar-refractivity contribution in [3.05, 3.63) is 29.0 Å². The van der Waals surface area contributed by atoms with Gasteiger partial charge in [0.2, 0.25) is 0 Å². The molecule has 0 aromatic heterocycles. The van der Waals surface area contributed by atoms with Crippen LogP contribution in [-0.4, -0.2) is 19.8 Å². The third-order valence-corrected chi connectivity index (χ3v) is 2.79. The molecule has 84 valence electrons. The first-order chi connectivity index (χ1) is 6.42. The third kappa shape index (κ3) is 4.95. The molecule has 0 saturated heterocycles. The van der Waals surface area contributed by atoms with Crippen molar-refractivity contribution < 1.29 is 48.2 Å². The number of nitrogens with zero attached hydrogens (tertiary/aromatic N) is 1. The smallest absolute Gasteiger partial charge is 0.542 e. The van der Waals surface area contributed by atoms with Crippen LogP contribution >= 0.6 is 0 Å². The predicted molar refractivity (Wildman–Crippen MR) is 55.7 cm³/mol. The molecule has 8 heteroatoms. The number of nitrogens with two attached hydrogens (primary N) is 1. The second-order valence-electron chi connectivity index (χ2n) is 2.65. The number of anilines is 1. The van der Waals surface area contributed by atoms with Crippen LogP contribution in [0.1, 0.15) is 6.92 Å². The molecule has 0 heterocycles. The Balaban J connectivity index is 0. The van der Waals surface area contributed by atoms with Crippen molar-refractivity contribution in [1.29, 1.82) is 0 Å². The standard InChI is InChI=1S/C8H10N2O3S.Na.H2O/c1-6(11)10-14(12,13)8-4-2-7(9)3-5-8;;/h2-5H,9H2,1H3,(H,10,11);;1H2/q;+1;/p-1. The van der Waals surface area contributed by atoms with Crippen LogP contribution in [0.4, 0.5) is 5.69 Å². The van der Waals surface area contributed by atoms with Crippen LogP contribution in [0.2, 0.25) is 0 Å². The Morgan fingerprint density at radius 2 is 1.69 bits per heavy atom. The van der Waals surface area contributed by atoms with Crippen molar-refractivity contribution in [1.82, 2.24) is 0 Å². The number of rotatable bonds is 2. The van der Waals surface area contributed by atoms with Crippen molar-refractivity contribution in [2.45, 2.75) is 11.8 Å². The summed E-state index contributed by atoms with van der Waals surface area (Å²) in [7, 11) is -3.86. The molecular formula is C8H11N2NaO4S. The molecule has 1 rings (SSSR count). The van der Waals surface area contributed by atoms with E-state index < -0.39 is 15.9 Å². The molecule has 0 aliphatic rings. The molecule has 1 aromatic carbocycles. The van der Waals surface area contributed by atoms with Gasteiger partial charge in [0.15, 0.2) is 0 Å². The zero-order valence-electron chi connectivity index (χ0n) is 8.97. The first kappa shape index (κ1) is 17.8. The normalized spacial score (nSPS) is 9.56. The Labute approximate surface area is 116 Å². The Morgan fingerprint density at radius 3 is 2.06 bits per heavy atom. The molecule has 1 aromatic rings. The molecule has 0 aliphatic heterocycles. The molecule has 0 bridgehead atoms. The summed E-state index contributed by atoms with van der Waals surface area (Å²) in [6.07, 6.45) is 0. The average Bonchev–Trinajstić information content (AvgIpc) is 2.02. The molecule has 0 atom stereocenters. The molecule has 0 spiro atoms. The quantitative estimate of drug-likeness (QED) is 0.448. The zero-order chi connectivity index (χ0) is 10.8. The van der Waals surface area contributed by atoms with Crippen molar-refractivity contribution in [3.63, 3.8) is 0 Å². The van der Waals surface area contributed by atoms with Crippen molar-refractivity contribution >= 4 is 21.6 Å². The van der Waals surface area contributed by atoms with E-state index in [4.69, 9.17) is 5.73 Å². The van der Waals surface area contributed by atoms with Crippen LogP contribution in [0.25, 0.3) is 4.72 Å². The van der Waals surface area contributed by atoms with Gasteiger partial charge < -0.3 is 20.7 Å². The van der Waals surface area contributed by atoms with E-state index in [1.54, 1.807) is 0 Å². The summed E-state index contributed by atoms with van der Waals surface area (Å²) >= 11 is 0. The SMILES string of the molecule is CC(=O)[N-]S(=O)(=O)c1ccc(N)cc1.O.[Na+]. The summed E-state index contributed by atoms with van der Waals surface area (Å²) in [5.74, 6) is -0.748. The van der Waals surface area contributed by atoms with E-state index in [-0.39, 0.29) is 39.9 Å². The van der Waals surface area contributed by atoms with Crippen LogP contribution in [0.3, 0.4) is 0 Å². The maximum absolute atomic E-state index is 11.3. The van der Waals surface area contributed by atoms with E-state index in [2.05, 4.69) is 4.72 Å². The molecule has 0 aliphatic carbocycles. The van der Waals surface area contributed by atoms with Crippen LogP contribution in [0.5, 0.6) is 0 Å². The maximum atomic E-state index is 11.3. The van der Waals surface area contributed by atoms with Gasteiger partial charge in [0.05, 0.1) is 10.8 Å². The van der Waals surface area contributed by atoms with E-state index in [9.17, 15) is 13.2 Å². The van der Waals surface area contributed by atoms with Crippen LogP contribution in [-0.2, 0) is 14.8 Å². The van der Waals surface area contributed by atoms with Crippen LogP contribution < -0.4 is 35.3 Å². The Hall–Kier alpha value is -0.600. The van der Waals surface area contributed by atoms with Crippen LogP contribution in [0, 0.1) is 0 Å². The number of amides is 1. The van der Waals surface area contributed by atoms with Crippen molar-refractivity contribution in [3.8, 4) is 0 Å². The van der Waals surface area contributed by atoms with Crippen molar-refractivity contribution in [2.24, 2.45) is 0 Å². The minimum Gasteiger partial charge on any atom is -0.542 e. The summed E-state index contributed by atoms with van der Waals surface area (Å²) in [6.45, 7) is 1.08. The predicted octanol–water partition coefficient (Wildman–Crippen LogP) is -2.94. The van der Waals surface area contributed by atoms with E-state index in [0.717, 1.165) is 6.92 Å². The van der Waals surface area contributed by atoms with Gasteiger partial charge in [0, 0.05) is 5.69 Å². The molecule has 0 unspecified atom stereocenters. The van der Waals surface area contributed by atoms with Gasteiger partial charge >= 0.3 is 29.6 Å². The summed E-state index contributed by atoms with van der Waals surface area (Å²) < 4.78 is 25.7. The maximum Gasteiger partial charge on any atom is 1.00 e. The molecule has 16 heavy (non-hydrogen) atoms. The van der Waals surface area contributed by atoms with Gasteiger partial charge in [-0.3, -0.25) is 0 Å². The van der Waals surface area contributed by atoms with Crippen molar-refractivity contribution in [2.75, 3.05) is 5.73 Å². The zero-order valence-corrected chi connectivity index (χ0v) is 11.8. The second kappa shape index (κ2) is 6.87. The van der Waals surface area contributed by atoms with E-state index in [1.807, 2.05) is 0 Å². The fourth-order valence-corrected chi connectivity index (χ4v) is 1.79. The monoisotopic (exact) mass is 254 g/mol. The fraction of sp³-hybridized carbons (Fsp3) is 0.125. The molecular weight excluding hydrogens is 243 g/mol. The van der Waals surface area contributed by atoms with Gasteiger partial charge in [0.25, 0.3) is 0 Å². The molecule has 0 fully saturated rings. The number of hydrogen-bond acceptors (Lipinski definition) is 4. The topological polar surface area (TPSA) is 123 Å².